The first-order valence-electron chi connectivity index (χ1n) is 4.81. The number of nitrogen functional groups attached to an aromatic ring is 1. The lowest BCUT2D eigenvalue weighted by Gasteiger charge is -2.12. The first-order chi connectivity index (χ1) is 6.63. The molecule has 0 bridgehead atoms. The zero-order chi connectivity index (χ0) is 10.6. The van der Waals surface area contributed by atoms with Gasteiger partial charge in [0.15, 0.2) is 0 Å². The number of anilines is 2. The minimum Gasteiger partial charge on any atom is -0.497 e. The molecule has 3 N–H and O–H groups in total. The molecule has 3 heteroatoms. The molecule has 0 saturated heterocycles. The maximum absolute atomic E-state index is 5.84. The van der Waals surface area contributed by atoms with Crippen molar-refractivity contribution < 1.29 is 4.74 Å². The Labute approximate surface area is 85.3 Å². The van der Waals surface area contributed by atoms with Crippen molar-refractivity contribution in [2.45, 2.75) is 13.8 Å². The van der Waals surface area contributed by atoms with E-state index in [1.165, 1.54) is 0 Å². The van der Waals surface area contributed by atoms with Gasteiger partial charge in [0, 0.05) is 12.6 Å². The minimum atomic E-state index is 0.608. The van der Waals surface area contributed by atoms with E-state index in [9.17, 15) is 0 Å². The third-order valence-electron chi connectivity index (χ3n) is 1.96. The first-order valence-corrected chi connectivity index (χ1v) is 4.81. The number of nitrogens with two attached hydrogens (primary N) is 1. The van der Waals surface area contributed by atoms with Crippen LogP contribution < -0.4 is 15.8 Å². The molecule has 0 fully saturated rings. The average molecular weight is 194 g/mol. The molecule has 0 unspecified atom stereocenters. The van der Waals surface area contributed by atoms with Gasteiger partial charge in [0.1, 0.15) is 5.75 Å². The molecule has 78 valence electrons. The van der Waals surface area contributed by atoms with E-state index >= 15 is 0 Å². The Bertz CT molecular complexity index is 297. The fourth-order valence-corrected chi connectivity index (χ4v) is 1.14. The molecular weight excluding hydrogens is 176 g/mol. The third kappa shape index (κ3) is 2.83. The molecular formula is C11H18N2O. The zero-order valence-corrected chi connectivity index (χ0v) is 9.00. The van der Waals surface area contributed by atoms with E-state index in [0.29, 0.717) is 5.92 Å². The molecule has 0 aliphatic carbocycles. The fraction of sp³-hybridized carbons (Fsp3) is 0.455. The summed E-state index contributed by atoms with van der Waals surface area (Å²) >= 11 is 0. The van der Waals surface area contributed by atoms with Crippen molar-refractivity contribution >= 4 is 11.4 Å². The summed E-state index contributed by atoms with van der Waals surface area (Å²) < 4.78 is 5.07. The van der Waals surface area contributed by atoms with Gasteiger partial charge in [-0.05, 0) is 18.1 Å². The normalized spacial score (nSPS) is 10.3. The van der Waals surface area contributed by atoms with Crippen LogP contribution in [-0.2, 0) is 0 Å². The summed E-state index contributed by atoms with van der Waals surface area (Å²) in [6.45, 7) is 5.25. The molecule has 1 rings (SSSR count). The van der Waals surface area contributed by atoms with Gasteiger partial charge < -0.3 is 15.8 Å². The van der Waals surface area contributed by atoms with Crippen molar-refractivity contribution in [2.75, 3.05) is 24.7 Å². The van der Waals surface area contributed by atoms with Crippen LogP contribution in [0.2, 0.25) is 0 Å². The topological polar surface area (TPSA) is 47.3 Å². The second-order valence-electron chi connectivity index (χ2n) is 3.73. The highest BCUT2D eigenvalue weighted by atomic mass is 16.5. The lowest BCUT2D eigenvalue weighted by atomic mass is 10.2. The van der Waals surface area contributed by atoms with E-state index in [4.69, 9.17) is 10.5 Å². The summed E-state index contributed by atoms with van der Waals surface area (Å²) in [7, 11) is 1.63. The van der Waals surface area contributed by atoms with Crippen molar-refractivity contribution in [3.05, 3.63) is 18.2 Å². The van der Waals surface area contributed by atoms with Crippen molar-refractivity contribution in [2.24, 2.45) is 5.92 Å². The molecule has 0 aliphatic heterocycles. The number of ether oxygens (including phenoxy) is 1. The van der Waals surface area contributed by atoms with Crippen LogP contribution >= 0.6 is 0 Å². The molecule has 0 saturated carbocycles. The second-order valence-corrected chi connectivity index (χ2v) is 3.73. The fourth-order valence-electron chi connectivity index (χ4n) is 1.14. The molecule has 0 aliphatic rings. The van der Waals surface area contributed by atoms with Crippen molar-refractivity contribution in [1.82, 2.24) is 0 Å². The van der Waals surface area contributed by atoms with Crippen LogP contribution in [-0.4, -0.2) is 13.7 Å². The van der Waals surface area contributed by atoms with Gasteiger partial charge >= 0.3 is 0 Å². The molecule has 1 aromatic rings. The zero-order valence-electron chi connectivity index (χ0n) is 9.00. The standard InChI is InChI=1S/C11H18N2O/c1-8(2)7-13-11-5-4-9(14-3)6-10(11)12/h4-6,8,13H,7,12H2,1-3H3. The largest absolute Gasteiger partial charge is 0.497 e. The first kappa shape index (κ1) is 10.7. The van der Waals surface area contributed by atoms with Gasteiger partial charge in [-0.3, -0.25) is 0 Å². The van der Waals surface area contributed by atoms with Gasteiger partial charge in [-0.25, -0.2) is 0 Å². The van der Waals surface area contributed by atoms with Gasteiger partial charge in [0.05, 0.1) is 18.5 Å². The van der Waals surface area contributed by atoms with Gasteiger partial charge in [-0.2, -0.15) is 0 Å². The number of nitrogens with one attached hydrogen (secondary N) is 1. The molecule has 3 nitrogen and oxygen atoms in total. The summed E-state index contributed by atoms with van der Waals surface area (Å²) in [6, 6.07) is 5.66. The second kappa shape index (κ2) is 4.74. The molecule has 0 atom stereocenters. The number of rotatable bonds is 4. The molecule has 14 heavy (non-hydrogen) atoms. The number of hydrogen-bond acceptors (Lipinski definition) is 3. The Hall–Kier alpha value is -1.38. The van der Waals surface area contributed by atoms with Crippen LogP contribution in [0.25, 0.3) is 0 Å². The molecule has 0 radical (unpaired) electrons. The predicted molar refractivity (Wildman–Crippen MR) is 60.7 cm³/mol. The van der Waals surface area contributed by atoms with E-state index in [1.54, 1.807) is 7.11 Å². The van der Waals surface area contributed by atoms with Crippen molar-refractivity contribution in [3.8, 4) is 5.75 Å². The summed E-state index contributed by atoms with van der Waals surface area (Å²) in [4.78, 5) is 0. The lowest BCUT2D eigenvalue weighted by Crippen LogP contribution is -2.09. The van der Waals surface area contributed by atoms with Crippen LogP contribution in [0.5, 0.6) is 5.75 Å². The predicted octanol–water partition coefficient (Wildman–Crippen LogP) is 2.35. The van der Waals surface area contributed by atoms with E-state index in [2.05, 4.69) is 19.2 Å². The summed E-state index contributed by atoms with van der Waals surface area (Å²) in [5.74, 6) is 1.40. The average Bonchev–Trinajstić information content (AvgIpc) is 2.15. The summed E-state index contributed by atoms with van der Waals surface area (Å²) in [6.07, 6.45) is 0. The smallest absolute Gasteiger partial charge is 0.121 e. The highest BCUT2D eigenvalue weighted by Crippen LogP contribution is 2.23. The van der Waals surface area contributed by atoms with Crippen LogP contribution in [0.1, 0.15) is 13.8 Å². The Balaban J connectivity index is 2.69. The highest BCUT2D eigenvalue weighted by Gasteiger charge is 2.01. The Morgan fingerprint density at radius 1 is 1.43 bits per heavy atom. The minimum absolute atomic E-state index is 0.608. The number of methoxy groups -OCH3 is 1. The van der Waals surface area contributed by atoms with E-state index in [-0.39, 0.29) is 0 Å². The van der Waals surface area contributed by atoms with E-state index in [1.807, 2.05) is 18.2 Å². The third-order valence-corrected chi connectivity index (χ3v) is 1.96. The number of benzene rings is 1. The van der Waals surface area contributed by atoms with Gasteiger partial charge in [0.25, 0.3) is 0 Å². The Morgan fingerprint density at radius 3 is 2.64 bits per heavy atom. The van der Waals surface area contributed by atoms with Crippen LogP contribution in [0.3, 0.4) is 0 Å². The van der Waals surface area contributed by atoms with Crippen LogP contribution in [0, 0.1) is 5.92 Å². The summed E-state index contributed by atoms with van der Waals surface area (Å²) in [5, 5.41) is 3.28. The van der Waals surface area contributed by atoms with E-state index in [0.717, 1.165) is 23.7 Å². The molecule has 0 amide bonds. The SMILES string of the molecule is COc1ccc(NCC(C)C)c(N)c1. The van der Waals surface area contributed by atoms with Crippen LogP contribution in [0.15, 0.2) is 18.2 Å². The van der Waals surface area contributed by atoms with Gasteiger partial charge in [-0.15, -0.1) is 0 Å². The Kier molecular flexibility index (Phi) is 3.63. The van der Waals surface area contributed by atoms with Crippen LogP contribution in [0.4, 0.5) is 11.4 Å². The van der Waals surface area contributed by atoms with Gasteiger partial charge in [-0.1, -0.05) is 13.8 Å². The summed E-state index contributed by atoms with van der Waals surface area (Å²) in [5.41, 5.74) is 7.54. The monoisotopic (exact) mass is 194 g/mol. The highest BCUT2D eigenvalue weighted by molar-refractivity contribution is 5.68. The molecule has 0 heterocycles. The maximum atomic E-state index is 5.84. The lowest BCUT2D eigenvalue weighted by molar-refractivity contribution is 0.415. The molecule has 1 aromatic carbocycles. The number of hydrogen-bond donors (Lipinski definition) is 2. The maximum Gasteiger partial charge on any atom is 0.121 e. The van der Waals surface area contributed by atoms with Gasteiger partial charge in [0.2, 0.25) is 0 Å². The quantitative estimate of drug-likeness (QED) is 0.723. The van der Waals surface area contributed by atoms with Crippen molar-refractivity contribution in [3.63, 3.8) is 0 Å². The van der Waals surface area contributed by atoms with E-state index < -0.39 is 0 Å². The molecule has 0 spiro atoms. The molecule has 0 aromatic heterocycles. The van der Waals surface area contributed by atoms with Crippen molar-refractivity contribution in [1.29, 1.82) is 0 Å². The Morgan fingerprint density at radius 2 is 2.14 bits per heavy atom.